The van der Waals surface area contributed by atoms with Gasteiger partial charge in [0.05, 0.1) is 12.0 Å². The zero-order valence-electron chi connectivity index (χ0n) is 12.6. The summed E-state index contributed by atoms with van der Waals surface area (Å²) < 4.78 is 7.52. The normalized spacial score (nSPS) is 27.8. The number of carbonyl (C=O) groups excluding carboxylic acids is 1. The van der Waals surface area contributed by atoms with Gasteiger partial charge in [-0.3, -0.25) is 9.48 Å². The van der Waals surface area contributed by atoms with Crippen molar-refractivity contribution < 1.29 is 9.53 Å². The van der Waals surface area contributed by atoms with Crippen molar-refractivity contribution in [1.29, 1.82) is 0 Å². The predicted molar refractivity (Wildman–Crippen MR) is 77.5 cm³/mol. The van der Waals surface area contributed by atoms with Crippen molar-refractivity contribution in [2.45, 2.75) is 45.3 Å². The summed E-state index contributed by atoms with van der Waals surface area (Å²) >= 11 is 0. The van der Waals surface area contributed by atoms with Crippen LogP contribution < -0.4 is 0 Å². The third kappa shape index (κ3) is 3.43. The lowest BCUT2D eigenvalue weighted by Crippen LogP contribution is -2.46. The summed E-state index contributed by atoms with van der Waals surface area (Å²) in [5.41, 5.74) is 0. The monoisotopic (exact) mass is 292 g/mol. The Kier molecular flexibility index (Phi) is 4.53. The standard InChI is InChI=1S/C15H24N4O2/c1-12-14(3-2-8-21-12)15(20)18-6-4-13(5-7-18)9-19-11-16-10-17-19/h10-14H,2-9H2,1H3/t12-,14-/m0/s1. The van der Waals surface area contributed by atoms with Gasteiger partial charge in [-0.1, -0.05) is 0 Å². The molecule has 2 aliphatic rings. The van der Waals surface area contributed by atoms with Gasteiger partial charge in [-0.15, -0.1) is 0 Å². The zero-order valence-corrected chi connectivity index (χ0v) is 12.6. The van der Waals surface area contributed by atoms with Gasteiger partial charge >= 0.3 is 0 Å². The molecule has 6 nitrogen and oxygen atoms in total. The summed E-state index contributed by atoms with van der Waals surface area (Å²) in [6, 6.07) is 0. The van der Waals surface area contributed by atoms with Crippen LogP contribution in [0.15, 0.2) is 12.7 Å². The highest BCUT2D eigenvalue weighted by molar-refractivity contribution is 5.79. The fourth-order valence-corrected chi connectivity index (χ4v) is 3.41. The second kappa shape index (κ2) is 6.56. The lowest BCUT2D eigenvalue weighted by atomic mass is 9.91. The van der Waals surface area contributed by atoms with Crippen LogP contribution in [0.2, 0.25) is 0 Å². The Balaban J connectivity index is 1.49. The maximum atomic E-state index is 12.6. The number of piperidine rings is 1. The van der Waals surface area contributed by atoms with E-state index >= 15 is 0 Å². The van der Waals surface area contributed by atoms with Crippen LogP contribution in [-0.4, -0.2) is 51.4 Å². The maximum absolute atomic E-state index is 12.6. The van der Waals surface area contributed by atoms with E-state index in [4.69, 9.17) is 4.74 Å². The highest BCUT2D eigenvalue weighted by Crippen LogP contribution is 2.26. The van der Waals surface area contributed by atoms with Crippen molar-refractivity contribution in [1.82, 2.24) is 19.7 Å². The van der Waals surface area contributed by atoms with E-state index in [0.29, 0.717) is 11.8 Å². The molecule has 0 aliphatic carbocycles. The van der Waals surface area contributed by atoms with Crippen LogP contribution in [0.1, 0.15) is 32.6 Å². The van der Waals surface area contributed by atoms with E-state index in [-0.39, 0.29) is 12.0 Å². The van der Waals surface area contributed by atoms with E-state index in [9.17, 15) is 4.79 Å². The summed E-state index contributed by atoms with van der Waals surface area (Å²) in [4.78, 5) is 18.6. The molecule has 116 valence electrons. The van der Waals surface area contributed by atoms with Crippen LogP contribution >= 0.6 is 0 Å². The summed E-state index contributed by atoms with van der Waals surface area (Å²) in [6.45, 7) is 5.46. The quantitative estimate of drug-likeness (QED) is 0.843. The first-order valence-electron chi connectivity index (χ1n) is 7.97. The Morgan fingerprint density at radius 3 is 2.81 bits per heavy atom. The average molecular weight is 292 g/mol. The number of hydrogen-bond acceptors (Lipinski definition) is 4. The molecule has 0 saturated carbocycles. The van der Waals surface area contributed by atoms with E-state index in [1.54, 1.807) is 12.7 Å². The highest BCUT2D eigenvalue weighted by atomic mass is 16.5. The Morgan fingerprint density at radius 2 is 2.14 bits per heavy atom. The molecular weight excluding hydrogens is 268 g/mol. The molecule has 2 saturated heterocycles. The Bertz CT molecular complexity index is 454. The topological polar surface area (TPSA) is 60.2 Å². The molecule has 21 heavy (non-hydrogen) atoms. The zero-order chi connectivity index (χ0) is 14.7. The molecule has 3 rings (SSSR count). The molecule has 0 bridgehead atoms. The highest BCUT2D eigenvalue weighted by Gasteiger charge is 2.33. The molecule has 2 fully saturated rings. The second-order valence-electron chi connectivity index (χ2n) is 6.21. The molecule has 1 aromatic heterocycles. The molecule has 2 aliphatic heterocycles. The summed E-state index contributed by atoms with van der Waals surface area (Å²) in [5.74, 6) is 0.947. The molecule has 0 unspecified atom stereocenters. The number of aromatic nitrogens is 3. The third-order valence-electron chi connectivity index (χ3n) is 4.76. The van der Waals surface area contributed by atoms with Gasteiger partial charge in [0.15, 0.2) is 0 Å². The lowest BCUT2D eigenvalue weighted by Gasteiger charge is -2.37. The number of nitrogens with zero attached hydrogens (tertiary/aromatic N) is 4. The van der Waals surface area contributed by atoms with Crippen LogP contribution in [0.25, 0.3) is 0 Å². The fourth-order valence-electron chi connectivity index (χ4n) is 3.41. The molecule has 3 heterocycles. The van der Waals surface area contributed by atoms with Crippen molar-refractivity contribution in [2.24, 2.45) is 11.8 Å². The van der Waals surface area contributed by atoms with Gasteiger partial charge < -0.3 is 9.64 Å². The van der Waals surface area contributed by atoms with Gasteiger partial charge in [-0.2, -0.15) is 5.10 Å². The number of rotatable bonds is 3. The molecule has 1 amide bonds. The maximum Gasteiger partial charge on any atom is 0.228 e. The van der Waals surface area contributed by atoms with E-state index in [1.807, 2.05) is 16.5 Å². The first-order chi connectivity index (χ1) is 10.2. The van der Waals surface area contributed by atoms with Crippen molar-refractivity contribution in [3.63, 3.8) is 0 Å². The molecule has 6 heteroatoms. The SMILES string of the molecule is C[C@@H]1OCCC[C@@H]1C(=O)N1CCC(Cn2cncn2)CC1. The second-order valence-corrected chi connectivity index (χ2v) is 6.21. The minimum atomic E-state index is 0.0608. The molecular formula is C15H24N4O2. The van der Waals surface area contributed by atoms with Crippen LogP contribution in [0.3, 0.4) is 0 Å². The van der Waals surface area contributed by atoms with E-state index in [1.165, 1.54) is 0 Å². The van der Waals surface area contributed by atoms with E-state index < -0.39 is 0 Å². The number of likely N-dealkylation sites (tertiary alicyclic amines) is 1. The third-order valence-corrected chi connectivity index (χ3v) is 4.76. The van der Waals surface area contributed by atoms with Gasteiger partial charge in [0, 0.05) is 26.2 Å². The first-order valence-corrected chi connectivity index (χ1v) is 7.97. The fraction of sp³-hybridized carbons (Fsp3) is 0.800. The Hall–Kier alpha value is -1.43. The van der Waals surface area contributed by atoms with Crippen molar-refractivity contribution in [2.75, 3.05) is 19.7 Å². The number of hydrogen-bond donors (Lipinski definition) is 0. The molecule has 0 radical (unpaired) electrons. The minimum Gasteiger partial charge on any atom is -0.378 e. The summed E-state index contributed by atoms with van der Waals surface area (Å²) in [5, 5.41) is 4.16. The summed E-state index contributed by atoms with van der Waals surface area (Å²) in [6.07, 6.45) is 7.48. The van der Waals surface area contributed by atoms with Crippen LogP contribution in [-0.2, 0) is 16.1 Å². The number of amides is 1. The Labute approximate surface area is 125 Å². The Morgan fingerprint density at radius 1 is 1.33 bits per heavy atom. The number of carbonyl (C=O) groups is 1. The molecule has 0 spiro atoms. The van der Waals surface area contributed by atoms with Crippen molar-refractivity contribution in [3.8, 4) is 0 Å². The van der Waals surface area contributed by atoms with Gasteiger partial charge in [0.25, 0.3) is 0 Å². The van der Waals surface area contributed by atoms with Crippen molar-refractivity contribution in [3.05, 3.63) is 12.7 Å². The van der Waals surface area contributed by atoms with Crippen LogP contribution in [0.4, 0.5) is 0 Å². The lowest BCUT2D eigenvalue weighted by molar-refractivity contribution is -0.145. The van der Waals surface area contributed by atoms with Crippen LogP contribution in [0, 0.1) is 11.8 Å². The molecule has 1 aromatic rings. The van der Waals surface area contributed by atoms with E-state index in [0.717, 1.165) is 51.9 Å². The van der Waals surface area contributed by atoms with Crippen molar-refractivity contribution >= 4 is 5.91 Å². The van der Waals surface area contributed by atoms with Gasteiger partial charge in [-0.05, 0) is 38.5 Å². The summed E-state index contributed by atoms with van der Waals surface area (Å²) in [7, 11) is 0. The largest absolute Gasteiger partial charge is 0.378 e. The van der Waals surface area contributed by atoms with E-state index in [2.05, 4.69) is 10.1 Å². The molecule has 2 atom stereocenters. The van der Waals surface area contributed by atoms with Gasteiger partial charge in [-0.25, -0.2) is 4.98 Å². The first kappa shape index (κ1) is 14.5. The number of ether oxygens (including phenoxy) is 1. The van der Waals surface area contributed by atoms with Gasteiger partial charge in [0.2, 0.25) is 5.91 Å². The smallest absolute Gasteiger partial charge is 0.228 e. The molecule has 0 N–H and O–H groups in total. The average Bonchev–Trinajstić information content (AvgIpc) is 3.01. The minimum absolute atomic E-state index is 0.0608. The van der Waals surface area contributed by atoms with Crippen LogP contribution in [0.5, 0.6) is 0 Å². The van der Waals surface area contributed by atoms with Gasteiger partial charge in [0.1, 0.15) is 12.7 Å². The predicted octanol–water partition coefficient (Wildman–Crippen LogP) is 1.33. The molecule has 0 aromatic carbocycles.